The normalized spacial score (nSPS) is 10.3. The zero-order valence-electron chi connectivity index (χ0n) is 11.0. The minimum atomic E-state index is -1.10. The molecule has 2 aromatic rings. The van der Waals surface area contributed by atoms with Crippen molar-refractivity contribution in [2.45, 2.75) is 11.4 Å². The number of primary amides is 1. The average Bonchev–Trinajstić information content (AvgIpc) is 2.93. The van der Waals surface area contributed by atoms with Gasteiger partial charge in [-0.05, 0) is 24.3 Å². The fraction of sp³-hybridized carbons (Fsp3) is 0.143. The molecule has 6 nitrogen and oxygen atoms in total. The van der Waals surface area contributed by atoms with Crippen molar-refractivity contribution >= 4 is 29.3 Å². The van der Waals surface area contributed by atoms with Crippen LogP contribution < -0.4 is 11.1 Å². The lowest BCUT2D eigenvalue weighted by atomic mass is 10.3. The SMILES string of the molecule is NC(=O)CSc1ccccc1NCc1ccc(C(=O)O)o1. The minimum Gasteiger partial charge on any atom is -0.475 e. The molecule has 1 amide bonds. The van der Waals surface area contributed by atoms with Crippen LogP contribution in [-0.2, 0) is 11.3 Å². The summed E-state index contributed by atoms with van der Waals surface area (Å²) >= 11 is 1.34. The molecule has 1 aromatic carbocycles. The van der Waals surface area contributed by atoms with Gasteiger partial charge in [0.2, 0.25) is 11.7 Å². The van der Waals surface area contributed by atoms with Gasteiger partial charge in [-0.3, -0.25) is 4.79 Å². The Labute approximate surface area is 125 Å². The van der Waals surface area contributed by atoms with E-state index < -0.39 is 5.97 Å². The number of carboxylic acid groups (broad SMARTS) is 1. The first-order valence-corrected chi connectivity index (χ1v) is 7.11. The van der Waals surface area contributed by atoms with E-state index >= 15 is 0 Å². The Hall–Kier alpha value is -2.41. The van der Waals surface area contributed by atoms with Crippen molar-refractivity contribution in [1.29, 1.82) is 0 Å². The van der Waals surface area contributed by atoms with E-state index in [1.165, 1.54) is 17.8 Å². The molecule has 0 saturated carbocycles. The van der Waals surface area contributed by atoms with E-state index in [4.69, 9.17) is 15.3 Å². The monoisotopic (exact) mass is 306 g/mol. The van der Waals surface area contributed by atoms with E-state index in [0.29, 0.717) is 12.3 Å². The third-order valence-electron chi connectivity index (χ3n) is 2.58. The summed E-state index contributed by atoms with van der Waals surface area (Å²) in [6.45, 7) is 0.349. The second-order valence-electron chi connectivity index (χ2n) is 4.18. The fourth-order valence-electron chi connectivity index (χ4n) is 1.66. The van der Waals surface area contributed by atoms with E-state index in [1.807, 2.05) is 24.3 Å². The standard InChI is InChI=1S/C14H14N2O4S/c15-13(17)8-21-12-4-2-1-3-10(12)16-7-9-5-6-11(20-9)14(18)19/h1-6,16H,7-8H2,(H2,15,17)(H,18,19). The van der Waals surface area contributed by atoms with Crippen LogP contribution in [0.3, 0.4) is 0 Å². The largest absolute Gasteiger partial charge is 0.475 e. The number of hydrogen-bond donors (Lipinski definition) is 3. The number of hydrogen-bond acceptors (Lipinski definition) is 5. The third kappa shape index (κ3) is 4.28. The van der Waals surface area contributed by atoms with Crippen LogP contribution >= 0.6 is 11.8 Å². The van der Waals surface area contributed by atoms with Crippen molar-refractivity contribution in [3.63, 3.8) is 0 Å². The van der Waals surface area contributed by atoms with Crippen molar-refractivity contribution < 1.29 is 19.1 Å². The number of aromatic carboxylic acids is 1. The summed E-state index contributed by atoms with van der Waals surface area (Å²) in [5, 5.41) is 11.9. The minimum absolute atomic E-state index is 0.0943. The van der Waals surface area contributed by atoms with Gasteiger partial charge in [0.05, 0.1) is 12.3 Å². The Kier molecular flexibility index (Phi) is 4.89. The molecule has 2 rings (SSSR count). The van der Waals surface area contributed by atoms with Crippen molar-refractivity contribution in [1.82, 2.24) is 0 Å². The maximum Gasteiger partial charge on any atom is 0.371 e. The molecule has 0 radical (unpaired) electrons. The molecule has 0 saturated heterocycles. The van der Waals surface area contributed by atoms with Crippen LogP contribution in [0.4, 0.5) is 5.69 Å². The number of nitrogens with two attached hydrogens (primary N) is 1. The summed E-state index contributed by atoms with van der Waals surface area (Å²) < 4.78 is 5.16. The van der Waals surface area contributed by atoms with Gasteiger partial charge in [0.1, 0.15) is 5.76 Å². The van der Waals surface area contributed by atoms with Crippen molar-refractivity contribution in [2.75, 3.05) is 11.1 Å². The highest BCUT2D eigenvalue weighted by Crippen LogP contribution is 2.27. The van der Waals surface area contributed by atoms with E-state index in [0.717, 1.165) is 10.6 Å². The molecule has 21 heavy (non-hydrogen) atoms. The highest BCUT2D eigenvalue weighted by Gasteiger charge is 2.09. The molecule has 0 aliphatic rings. The van der Waals surface area contributed by atoms with E-state index in [9.17, 15) is 9.59 Å². The van der Waals surface area contributed by atoms with Crippen LogP contribution in [0.2, 0.25) is 0 Å². The number of rotatable bonds is 7. The van der Waals surface area contributed by atoms with Gasteiger partial charge in [-0.15, -0.1) is 11.8 Å². The zero-order valence-corrected chi connectivity index (χ0v) is 11.9. The topological polar surface area (TPSA) is 106 Å². The Bertz CT molecular complexity index is 654. The number of para-hydroxylation sites is 1. The van der Waals surface area contributed by atoms with Crippen LogP contribution in [0.5, 0.6) is 0 Å². The van der Waals surface area contributed by atoms with Gasteiger partial charge in [0.15, 0.2) is 0 Å². The maximum atomic E-state index is 10.8. The summed E-state index contributed by atoms with van der Waals surface area (Å²) in [6.07, 6.45) is 0. The van der Waals surface area contributed by atoms with Gasteiger partial charge >= 0.3 is 5.97 Å². The Morgan fingerprint density at radius 2 is 2.00 bits per heavy atom. The van der Waals surface area contributed by atoms with Gasteiger partial charge in [0, 0.05) is 10.6 Å². The van der Waals surface area contributed by atoms with E-state index in [1.54, 1.807) is 6.07 Å². The van der Waals surface area contributed by atoms with Crippen LogP contribution in [0, 0.1) is 0 Å². The molecule has 1 heterocycles. The van der Waals surface area contributed by atoms with Gasteiger partial charge < -0.3 is 20.6 Å². The Balaban J connectivity index is 2.01. The first-order valence-electron chi connectivity index (χ1n) is 6.12. The first-order chi connectivity index (χ1) is 10.1. The third-order valence-corrected chi connectivity index (χ3v) is 3.68. The lowest BCUT2D eigenvalue weighted by Gasteiger charge is -2.09. The molecule has 0 aliphatic heterocycles. The number of amides is 1. The van der Waals surface area contributed by atoms with Crippen molar-refractivity contribution in [3.8, 4) is 0 Å². The van der Waals surface area contributed by atoms with Crippen LogP contribution in [0.25, 0.3) is 0 Å². The molecule has 4 N–H and O–H groups in total. The molecular weight excluding hydrogens is 292 g/mol. The first kappa shape index (κ1) is 15.0. The number of carbonyl (C=O) groups is 2. The second-order valence-corrected chi connectivity index (χ2v) is 5.19. The number of carboxylic acids is 1. The Morgan fingerprint density at radius 1 is 1.24 bits per heavy atom. The number of furan rings is 1. The summed E-state index contributed by atoms with van der Waals surface area (Å²) in [5.74, 6) is -0.862. The van der Waals surface area contributed by atoms with E-state index in [-0.39, 0.29) is 17.4 Å². The molecule has 0 atom stereocenters. The van der Waals surface area contributed by atoms with Gasteiger partial charge in [0.25, 0.3) is 0 Å². The zero-order chi connectivity index (χ0) is 15.2. The van der Waals surface area contributed by atoms with E-state index in [2.05, 4.69) is 5.32 Å². The van der Waals surface area contributed by atoms with Crippen LogP contribution in [-0.4, -0.2) is 22.7 Å². The van der Waals surface area contributed by atoms with Gasteiger partial charge in [-0.25, -0.2) is 4.79 Å². The predicted octanol–water partition coefficient (Wildman–Crippen LogP) is 2.17. The quantitative estimate of drug-likeness (QED) is 0.677. The number of benzene rings is 1. The van der Waals surface area contributed by atoms with Gasteiger partial charge in [-0.1, -0.05) is 12.1 Å². The van der Waals surface area contributed by atoms with Crippen LogP contribution in [0.1, 0.15) is 16.3 Å². The van der Waals surface area contributed by atoms with Crippen molar-refractivity contribution in [2.24, 2.45) is 5.73 Å². The van der Waals surface area contributed by atoms with Crippen LogP contribution in [0.15, 0.2) is 45.7 Å². The molecule has 0 spiro atoms. The number of carbonyl (C=O) groups excluding carboxylic acids is 1. The molecule has 0 unspecified atom stereocenters. The highest BCUT2D eigenvalue weighted by molar-refractivity contribution is 8.00. The summed E-state index contributed by atoms with van der Waals surface area (Å²) in [7, 11) is 0. The fourth-order valence-corrected chi connectivity index (χ4v) is 2.43. The second kappa shape index (κ2) is 6.85. The number of anilines is 1. The molecule has 0 fully saturated rings. The van der Waals surface area contributed by atoms with Gasteiger partial charge in [-0.2, -0.15) is 0 Å². The Morgan fingerprint density at radius 3 is 2.67 bits per heavy atom. The number of thioether (sulfide) groups is 1. The molecule has 0 aliphatic carbocycles. The highest BCUT2D eigenvalue weighted by atomic mass is 32.2. The summed E-state index contributed by atoms with van der Waals surface area (Å²) in [5.41, 5.74) is 5.97. The molecule has 110 valence electrons. The predicted molar refractivity (Wildman–Crippen MR) is 79.4 cm³/mol. The average molecular weight is 306 g/mol. The molecule has 0 bridgehead atoms. The van der Waals surface area contributed by atoms with Crippen molar-refractivity contribution in [3.05, 3.63) is 47.9 Å². The maximum absolute atomic E-state index is 10.8. The molecule has 1 aromatic heterocycles. The molecule has 7 heteroatoms. The number of nitrogens with one attached hydrogen (secondary N) is 1. The molecular formula is C14H14N2O4S. The smallest absolute Gasteiger partial charge is 0.371 e. The lowest BCUT2D eigenvalue weighted by molar-refractivity contribution is -0.115. The summed E-state index contributed by atoms with van der Waals surface area (Å²) in [6, 6.07) is 10.5. The summed E-state index contributed by atoms with van der Waals surface area (Å²) in [4.78, 5) is 22.5. The lowest BCUT2D eigenvalue weighted by Crippen LogP contribution is -2.13.